The molecule has 0 saturated carbocycles. The van der Waals surface area contributed by atoms with Crippen molar-refractivity contribution in [2.75, 3.05) is 6.67 Å². The van der Waals surface area contributed by atoms with Gasteiger partial charge in [-0.15, -0.1) is 0 Å². The van der Waals surface area contributed by atoms with Gasteiger partial charge in [0.1, 0.15) is 12.8 Å². The van der Waals surface area contributed by atoms with Crippen molar-refractivity contribution in [3.05, 3.63) is 0 Å². The van der Waals surface area contributed by atoms with E-state index in [1.54, 1.807) is 0 Å². The average Bonchev–Trinajstić information content (AvgIpc) is 1.83. The lowest BCUT2D eigenvalue weighted by Gasteiger charge is -1.98. The van der Waals surface area contributed by atoms with E-state index in [1.165, 1.54) is 0 Å². The van der Waals surface area contributed by atoms with Crippen molar-refractivity contribution in [3.8, 4) is 0 Å². The Bertz CT molecular complexity index is 45.8. The lowest BCUT2D eigenvalue weighted by atomic mass is 10.2. The Morgan fingerprint density at radius 2 is 2.12 bits per heavy atom. The minimum atomic E-state index is -1.21. The zero-order valence-corrected chi connectivity index (χ0v) is 5.16. The van der Waals surface area contributed by atoms with Gasteiger partial charge in [0.2, 0.25) is 0 Å². The van der Waals surface area contributed by atoms with E-state index in [9.17, 15) is 8.78 Å². The molecule has 0 amide bonds. The van der Waals surface area contributed by atoms with Crippen LogP contribution in [0.3, 0.4) is 0 Å². The summed E-state index contributed by atoms with van der Waals surface area (Å²) in [6.45, 7) is 1.14. The Hall–Kier alpha value is -0.140. The largest absolute Gasteiger partial charge is 0.248 e. The van der Waals surface area contributed by atoms with E-state index in [0.717, 1.165) is 12.8 Å². The zero-order chi connectivity index (χ0) is 6.41. The normalized spacial score (nSPS) is 13.9. The van der Waals surface area contributed by atoms with E-state index >= 15 is 0 Å². The first-order chi connectivity index (χ1) is 3.81. The summed E-state index contributed by atoms with van der Waals surface area (Å²) in [5.41, 5.74) is 0. The molecule has 0 aromatic rings. The van der Waals surface area contributed by atoms with Crippen LogP contribution >= 0.6 is 0 Å². The van der Waals surface area contributed by atoms with Gasteiger partial charge in [-0.1, -0.05) is 19.8 Å². The van der Waals surface area contributed by atoms with Crippen molar-refractivity contribution in [2.24, 2.45) is 0 Å². The summed E-state index contributed by atoms with van der Waals surface area (Å²) < 4.78 is 23.3. The van der Waals surface area contributed by atoms with Crippen molar-refractivity contribution in [1.29, 1.82) is 0 Å². The number of alkyl halides is 2. The minimum Gasteiger partial charge on any atom is -0.248 e. The first-order valence-corrected chi connectivity index (χ1v) is 3.01. The summed E-state index contributed by atoms with van der Waals surface area (Å²) in [5.74, 6) is 0. The third-order valence-corrected chi connectivity index (χ3v) is 1.04. The lowest BCUT2D eigenvalue weighted by Crippen LogP contribution is -2.00. The summed E-state index contributed by atoms with van der Waals surface area (Å²) in [5, 5.41) is 0. The van der Waals surface area contributed by atoms with Gasteiger partial charge in [-0.2, -0.15) is 0 Å². The second-order valence-corrected chi connectivity index (χ2v) is 1.89. The molecule has 0 radical (unpaired) electrons. The third-order valence-electron chi connectivity index (χ3n) is 1.04. The van der Waals surface area contributed by atoms with Gasteiger partial charge in [0.25, 0.3) is 0 Å². The maximum Gasteiger partial charge on any atom is 0.128 e. The standard InChI is InChI=1S/C6H12F2/c1-2-3-4-6(8)5-7/h6H,2-5H2,1H3/t6-/m1/s1. The first-order valence-electron chi connectivity index (χ1n) is 3.01. The smallest absolute Gasteiger partial charge is 0.128 e. The fourth-order valence-corrected chi connectivity index (χ4v) is 0.503. The molecule has 0 aliphatic rings. The Labute approximate surface area is 48.9 Å². The maximum atomic E-state index is 11.9. The Kier molecular flexibility index (Phi) is 4.92. The van der Waals surface area contributed by atoms with Gasteiger partial charge in [0.05, 0.1) is 0 Å². The van der Waals surface area contributed by atoms with Crippen LogP contribution in [0.2, 0.25) is 0 Å². The molecule has 0 aromatic carbocycles. The molecule has 0 rings (SSSR count). The van der Waals surface area contributed by atoms with Gasteiger partial charge < -0.3 is 0 Å². The predicted octanol–water partition coefficient (Wildman–Crippen LogP) is 2.48. The van der Waals surface area contributed by atoms with E-state index < -0.39 is 12.8 Å². The molecular weight excluding hydrogens is 110 g/mol. The maximum absolute atomic E-state index is 11.9. The van der Waals surface area contributed by atoms with Crippen LogP contribution in [0.5, 0.6) is 0 Å². The fraction of sp³-hybridized carbons (Fsp3) is 1.00. The highest BCUT2D eigenvalue weighted by Gasteiger charge is 2.02. The lowest BCUT2D eigenvalue weighted by molar-refractivity contribution is 0.243. The molecule has 0 heterocycles. The van der Waals surface area contributed by atoms with Crippen molar-refractivity contribution in [2.45, 2.75) is 32.4 Å². The molecule has 0 unspecified atom stereocenters. The minimum absolute atomic E-state index is 0.382. The number of rotatable bonds is 4. The summed E-state index contributed by atoms with van der Waals surface area (Å²) in [4.78, 5) is 0. The topological polar surface area (TPSA) is 0 Å². The number of halogens is 2. The van der Waals surface area contributed by atoms with Crippen LogP contribution in [-0.2, 0) is 0 Å². The summed E-state index contributed by atoms with van der Waals surface area (Å²) in [6.07, 6.45) is 0.911. The molecule has 0 spiro atoms. The van der Waals surface area contributed by atoms with E-state index in [4.69, 9.17) is 0 Å². The first kappa shape index (κ1) is 7.86. The van der Waals surface area contributed by atoms with Crippen molar-refractivity contribution in [1.82, 2.24) is 0 Å². The van der Waals surface area contributed by atoms with Gasteiger partial charge >= 0.3 is 0 Å². The quantitative estimate of drug-likeness (QED) is 0.537. The van der Waals surface area contributed by atoms with Crippen LogP contribution in [0.25, 0.3) is 0 Å². The molecule has 0 fully saturated rings. The molecular formula is C6H12F2. The van der Waals surface area contributed by atoms with Gasteiger partial charge in [-0.05, 0) is 6.42 Å². The van der Waals surface area contributed by atoms with E-state index in [1.807, 2.05) is 6.92 Å². The van der Waals surface area contributed by atoms with Gasteiger partial charge in [0, 0.05) is 0 Å². The van der Waals surface area contributed by atoms with Crippen LogP contribution in [0.15, 0.2) is 0 Å². The Morgan fingerprint density at radius 3 is 2.50 bits per heavy atom. The number of hydrogen-bond donors (Lipinski definition) is 0. The van der Waals surface area contributed by atoms with E-state index in [2.05, 4.69) is 0 Å². The number of hydrogen-bond acceptors (Lipinski definition) is 0. The fourth-order valence-electron chi connectivity index (χ4n) is 0.503. The van der Waals surface area contributed by atoms with Crippen LogP contribution in [0, 0.1) is 0 Å². The summed E-state index contributed by atoms with van der Waals surface area (Å²) >= 11 is 0. The number of unbranched alkanes of at least 4 members (excludes halogenated alkanes) is 1. The highest BCUT2D eigenvalue weighted by Crippen LogP contribution is 2.03. The summed E-state index contributed by atoms with van der Waals surface area (Å²) in [6, 6.07) is 0. The molecule has 0 aliphatic carbocycles. The predicted molar refractivity (Wildman–Crippen MR) is 30.4 cm³/mol. The van der Waals surface area contributed by atoms with E-state index in [0.29, 0.717) is 6.42 Å². The monoisotopic (exact) mass is 122 g/mol. The van der Waals surface area contributed by atoms with Crippen molar-refractivity contribution < 1.29 is 8.78 Å². The van der Waals surface area contributed by atoms with Crippen molar-refractivity contribution >= 4 is 0 Å². The highest BCUT2D eigenvalue weighted by atomic mass is 19.2. The van der Waals surface area contributed by atoms with Gasteiger partial charge in [0.15, 0.2) is 0 Å². The van der Waals surface area contributed by atoms with Gasteiger partial charge in [-0.25, -0.2) is 8.78 Å². The molecule has 0 saturated heterocycles. The molecule has 0 N–H and O–H groups in total. The average molecular weight is 122 g/mol. The zero-order valence-electron chi connectivity index (χ0n) is 5.16. The molecule has 0 aliphatic heterocycles. The SMILES string of the molecule is CCCC[C@@H](F)CF. The molecule has 0 aromatic heterocycles. The second kappa shape index (κ2) is 5.01. The van der Waals surface area contributed by atoms with Crippen LogP contribution < -0.4 is 0 Å². The molecule has 2 heteroatoms. The third kappa shape index (κ3) is 4.03. The second-order valence-electron chi connectivity index (χ2n) is 1.89. The Morgan fingerprint density at radius 1 is 1.50 bits per heavy atom. The van der Waals surface area contributed by atoms with Crippen LogP contribution in [0.1, 0.15) is 26.2 Å². The molecule has 8 heavy (non-hydrogen) atoms. The van der Waals surface area contributed by atoms with E-state index in [-0.39, 0.29) is 0 Å². The van der Waals surface area contributed by atoms with Gasteiger partial charge in [-0.3, -0.25) is 0 Å². The molecule has 0 nitrogen and oxygen atoms in total. The molecule has 50 valence electrons. The Balaban J connectivity index is 2.86. The molecule has 0 bridgehead atoms. The summed E-state index contributed by atoms with van der Waals surface area (Å²) in [7, 11) is 0. The molecule has 1 atom stereocenters. The highest BCUT2D eigenvalue weighted by molar-refractivity contribution is 4.51. The van der Waals surface area contributed by atoms with Crippen LogP contribution in [0.4, 0.5) is 8.78 Å². The van der Waals surface area contributed by atoms with Crippen LogP contribution in [-0.4, -0.2) is 12.8 Å². The van der Waals surface area contributed by atoms with Crippen molar-refractivity contribution in [3.63, 3.8) is 0 Å².